The van der Waals surface area contributed by atoms with Crippen molar-refractivity contribution in [1.29, 1.82) is 0 Å². The molecule has 4 nitrogen and oxygen atoms in total. The van der Waals surface area contributed by atoms with Gasteiger partial charge in [-0.15, -0.1) is 0 Å². The van der Waals surface area contributed by atoms with Gasteiger partial charge in [-0.2, -0.15) is 0 Å². The fourth-order valence-corrected chi connectivity index (χ4v) is 3.02. The fraction of sp³-hybridized carbons (Fsp3) is 0.733. The lowest BCUT2D eigenvalue weighted by molar-refractivity contribution is 0.0983. The summed E-state index contributed by atoms with van der Waals surface area (Å²) in [6.45, 7) is 3.81. The maximum atomic E-state index is 4.44. The normalized spacial score (nSPS) is 18.7. The second-order valence-corrected chi connectivity index (χ2v) is 5.88. The van der Waals surface area contributed by atoms with Crippen molar-refractivity contribution in [2.75, 3.05) is 20.6 Å². The SMILES string of the molecule is Cc1nccc(CNCC2(N(C)C)CCCCC2)n1. The Kier molecular flexibility index (Phi) is 4.88. The van der Waals surface area contributed by atoms with E-state index >= 15 is 0 Å². The molecule has 0 radical (unpaired) electrons. The molecule has 19 heavy (non-hydrogen) atoms. The number of hydrogen-bond acceptors (Lipinski definition) is 4. The highest BCUT2D eigenvalue weighted by molar-refractivity contribution is 5.02. The van der Waals surface area contributed by atoms with Crippen molar-refractivity contribution in [1.82, 2.24) is 20.2 Å². The summed E-state index contributed by atoms with van der Waals surface area (Å²) in [5.74, 6) is 0.847. The summed E-state index contributed by atoms with van der Waals surface area (Å²) in [5, 5.41) is 3.59. The van der Waals surface area contributed by atoms with E-state index in [1.54, 1.807) is 0 Å². The smallest absolute Gasteiger partial charge is 0.125 e. The van der Waals surface area contributed by atoms with Crippen LogP contribution < -0.4 is 5.32 Å². The largest absolute Gasteiger partial charge is 0.309 e. The third-order valence-electron chi connectivity index (χ3n) is 4.33. The molecule has 0 amide bonds. The molecule has 1 aliphatic rings. The number of aryl methyl sites for hydroxylation is 1. The van der Waals surface area contributed by atoms with Crippen LogP contribution in [0.3, 0.4) is 0 Å². The van der Waals surface area contributed by atoms with Crippen molar-refractivity contribution in [3.63, 3.8) is 0 Å². The van der Waals surface area contributed by atoms with Gasteiger partial charge in [0.2, 0.25) is 0 Å². The number of aromatic nitrogens is 2. The van der Waals surface area contributed by atoms with E-state index in [0.717, 1.165) is 24.6 Å². The van der Waals surface area contributed by atoms with Crippen LogP contribution in [-0.2, 0) is 6.54 Å². The summed E-state index contributed by atoms with van der Waals surface area (Å²) in [6.07, 6.45) is 8.53. The van der Waals surface area contributed by atoms with Gasteiger partial charge in [0.1, 0.15) is 5.82 Å². The Morgan fingerprint density at radius 3 is 2.63 bits per heavy atom. The molecule has 1 N–H and O–H groups in total. The summed E-state index contributed by atoms with van der Waals surface area (Å²) in [6, 6.07) is 1.99. The minimum absolute atomic E-state index is 0.334. The van der Waals surface area contributed by atoms with Gasteiger partial charge in [-0.05, 0) is 39.9 Å². The molecule has 1 fully saturated rings. The van der Waals surface area contributed by atoms with Crippen molar-refractivity contribution < 1.29 is 0 Å². The Morgan fingerprint density at radius 1 is 1.26 bits per heavy atom. The van der Waals surface area contributed by atoms with E-state index in [0.29, 0.717) is 5.54 Å². The lowest BCUT2D eigenvalue weighted by atomic mass is 9.80. The van der Waals surface area contributed by atoms with Crippen molar-refractivity contribution >= 4 is 0 Å². The lowest BCUT2D eigenvalue weighted by Gasteiger charge is -2.43. The van der Waals surface area contributed by atoms with Crippen LogP contribution in [0.4, 0.5) is 0 Å². The molecule has 1 aliphatic carbocycles. The molecular weight excluding hydrogens is 236 g/mol. The van der Waals surface area contributed by atoms with Crippen LogP contribution in [0.15, 0.2) is 12.3 Å². The molecule has 2 rings (SSSR count). The van der Waals surface area contributed by atoms with E-state index < -0.39 is 0 Å². The summed E-state index contributed by atoms with van der Waals surface area (Å²) < 4.78 is 0. The molecule has 0 saturated heterocycles. The van der Waals surface area contributed by atoms with Gasteiger partial charge in [0.25, 0.3) is 0 Å². The maximum absolute atomic E-state index is 4.44. The highest BCUT2D eigenvalue weighted by Crippen LogP contribution is 2.31. The van der Waals surface area contributed by atoms with E-state index in [-0.39, 0.29) is 0 Å². The van der Waals surface area contributed by atoms with Gasteiger partial charge in [0, 0.05) is 24.8 Å². The number of hydrogen-bond donors (Lipinski definition) is 1. The first-order valence-corrected chi connectivity index (χ1v) is 7.29. The molecule has 1 saturated carbocycles. The fourth-order valence-electron chi connectivity index (χ4n) is 3.02. The van der Waals surface area contributed by atoms with Crippen LogP contribution in [0.5, 0.6) is 0 Å². The molecule has 4 heteroatoms. The molecule has 1 aromatic heterocycles. The second kappa shape index (κ2) is 6.44. The van der Waals surface area contributed by atoms with Crippen molar-refractivity contribution in [3.8, 4) is 0 Å². The molecule has 1 aromatic rings. The average Bonchev–Trinajstić information content (AvgIpc) is 2.40. The van der Waals surface area contributed by atoms with E-state index in [9.17, 15) is 0 Å². The molecular formula is C15H26N4. The number of likely N-dealkylation sites (N-methyl/N-ethyl adjacent to an activating group) is 1. The number of nitrogens with one attached hydrogen (secondary N) is 1. The zero-order valence-electron chi connectivity index (χ0n) is 12.4. The Morgan fingerprint density at radius 2 is 2.00 bits per heavy atom. The summed E-state index contributed by atoms with van der Waals surface area (Å²) in [4.78, 5) is 11.0. The van der Waals surface area contributed by atoms with Crippen LogP contribution >= 0.6 is 0 Å². The highest BCUT2D eigenvalue weighted by atomic mass is 15.2. The van der Waals surface area contributed by atoms with Crippen LogP contribution in [-0.4, -0.2) is 41.0 Å². The predicted molar refractivity (Wildman–Crippen MR) is 78.0 cm³/mol. The second-order valence-electron chi connectivity index (χ2n) is 5.88. The third-order valence-corrected chi connectivity index (χ3v) is 4.33. The van der Waals surface area contributed by atoms with E-state index in [4.69, 9.17) is 0 Å². The molecule has 0 atom stereocenters. The Bertz CT molecular complexity index is 397. The molecule has 1 heterocycles. The number of nitrogens with zero attached hydrogens (tertiary/aromatic N) is 3. The van der Waals surface area contributed by atoms with Gasteiger partial charge in [-0.1, -0.05) is 19.3 Å². The number of rotatable bonds is 5. The topological polar surface area (TPSA) is 41.1 Å². The first kappa shape index (κ1) is 14.4. The van der Waals surface area contributed by atoms with Crippen LogP contribution in [0.1, 0.15) is 43.6 Å². The zero-order valence-corrected chi connectivity index (χ0v) is 12.4. The van der Waals surface area contributed by atoms with Crippen molar-refractivity contribution in [2.24, 2.45) is 0 Å². The molecule has 0 spiro atoms. The summed E-state index contributed by atoms with van der Waals surface area (Å²) in [7, 11) is 4.42. The minimum Gasteiger partial charge on any atom is -0.309 e. The monoisotopic (exact) mass is 262 g/mol. The highest BCUT2D eigenvalue weighted by Gasteiger charge is 2.33. The molecule has 0 unspecified atom stereocenters. The first-order chi connectivity index (χ1) is 9.12. The standard InChI is InChI=1S/C15H26N4/c1-13-17-10-7-14(18-13)11-16-12-15(19(2)3)8-5-4-6-9-15/h7,10,16H,4-6,8-9,11-12H2,1-3H3. The van der Waals surface area contributed by atoms with Crippen LogP contribution in [0.25, 0.3) is 0 Å². The van der Waals surface area contributed by atoms with E-state index in [2.05, 4.69) is 34.3 Å². The third kappa shape index (κ3) is 3.74. The van der Waals surface area contributed by atoms with Gasteiger partial charge in [-0.25, -0.2) is 9.97 Å². The molecule has 0 aromatic carbocycles. The molecule has 0 bridgehead atoms. The first-order valence-electron chi connectivity index (χ1n) is 7.29. The van der Waals surface area contributed by atoms with Crippen molar-refractivity contribution in [2.45, 2.75) is 51.1 Å². The van der Waals surface area contributed by atoms with E-state index in [1.165, 1.54) is 32.1 Å². The van der Waals surface area contributed by atoms with Gasteiger partial charge < -0.3 is 10.2 Å². The van der Waals surface area contributed by atoms with Gasteiger partial charge >= 0.3 is 0 Å². The summed E-state index contributed by atoms with van der Waals surface area (Å²) in [5.41, 5.74) is 1.41. The lowest BCUT2D eigenvalue weighted by Crippen LogP contribution is -2.52. The van der Waals surface area contributed by atoms with Gasteiger partial charge in [0.05, 0.1) is 5.69 Å². The Balaban J connectivity index is 1.89. The van der Waals surface area contributed by atoms with Crippen molar-refractivity contribution in [3.05, 3.63) is 23.8 Å². The minimum atomic E-state index is 0.334. The van der Waals surface area contributed by atoms with Crippen LogP contribution in [0.2, 0.25) is 0 Å². The Hall–Kier alpha value is -1.00. The predicted octanol–water partition coefficient (Wildman–Crippen LogP) is 2.14. The maximum Gasteiger partial charge on any atom is 0.125 e. The summed E-state index contributed by atoms with van der Waals surface area (Å²) >= 11 is 0. The quantitative estimate of drug-likeness (QED) is 0.882. The molecule has 0 aliphatic heterocycles. The Labute approximate surface area is 116 Å². The average molecular weight is 262 g/mol. The zero-order chi connectivity index (χ0) is 13.7. The van der Waals surface area contributed by atoms with Gasteiger partial charge in [-0.3, -0.25) is 0 Å². The van der Waals surface area contributed by atoms with Gasteiger partial charge in [0.15, 0.2) is 0 Å². The van der Waals surface area contributed by atoms with E-state index in [1.807, 2.05) is 19.2 Å². The molecule has 106 valence electrons. The van der Waals surface area contributed by atoms with Crippen LogP contribution in [0, 0.1) is 6.92 Å².